The normalized spacial score (nSPS) is 29.1. The Balaban J connectivity index is 1.57. The van der Waals surface area contributed by atoms with Crippen LogP contribution in [-0.4, -0.2) is 54.2 Å². The van der Waals surface area contributed by atoms with Gasteiger partial charge >= 0.3 is 5.97 Å². The van der Waals surface area contributed by atoms with Crippen LogP contribution in [0.25, 0.3) is 10.4 Å². The molecule has 9 heteroatoms. The average molecular weight is 439 g/mol. The largest absolute Gasteiger partial charge is 0.479 e. The highest BCUT2D eigenvalue weighted by molar-refractivity contribution is 5.74. The zero-order chi connectivity index (χ0) is 22.4. The molecule has 0 radical (unpaired) electrons. The molecule has 1 spiro atoms. The van der Waals surface area contributed by atoms with E-state index in [9.17, 15) is 9.90 Å². The number of carboxylic acid groups (broad SMARTS) is 1. The summed E-state index contributed by atoms with van der Waals surface area (Å²) in [5, 5.41) is 13.5. The Labute approximate surface area is 185 Å². The first kappa shape index (κ1) is 22.3. The van der Waals surface area contributed by atoms with Crippen LogP contribution in [0.15, 0.2) is 65.8 Å². The molecule has 1 N–H and O–H groups in total. The molecule has 0 amide bonds. The van der Waals surface area contributed by atoms with E-state index in [4.69, 9.17) is 24.5 Å². The molecule has 2 saturated heterocycles. The van der Waals surface area contributed by atoms with Gasteiger partial charge < -0.3 is 24.1 Å². The van der Waals surface area contributed by atoms with Crippen LogP contribution in [0.3, 0.4) is 0 Å². The fraction of sp³-hybridized carbons (Fsp3) is 0.435. The summed E-state index contributed by atoms with van der Waals surface area (Å²) in [4.78, 5) is 14.9. The molecule has 32 heavy (non-hydrogen) atoms. The lowest BCUT2D eigenvalue weighted by atomic mass is 9.91. The van der Waals surface area contributed by atoms with Crippen LogP contribution in [0.5, 0.6) is 0 Å². The number of carbonyl (C=O) groups is 1. The predicted octanol–water partition coefficient (Wildman–Crippen LogP) is 3.48. The molecule has 2 fully saturated rings. The Morgan fingerprint density at radius 3 is 2.31 bits per heavy atom. The molecular weight excluding hydrogens is 414 g/mol. The summed E-state index contributed by atoms with van der Waals surface area (Å²) in [7, 11) is 0. The van der Waals surface area contributed by atoms with Crippen LogP contribution in [0.4, 0.5) is 0 Å². The lowest BCUT2D eigenvalue weighted by Crippen LogP contribution is -2.47. The van der Waals surface area contributed by atoms with Crippen LogP contribution in [0.2, 0.25) is 0 Å². The summed E-state index contributed by atoms with van der Waals surface area (Å²) >= 11 is 0. The van der Waals surface area contributed by atoms with E-state index in [1.165, 1.54) is 0 Å². The minimum absolute atomic E-state index is 0.132. The lowest BCUT2D eigenvalue weighted by Gasteiger charge is -2.30. The monoisotopic (exact) mass is 439 g/mol. The topological polar surface area (TPSA) is 123 Å². The number of benzene rings is 2. The van der Waals surface area contributed by atoms with Crippen LogP contribution in [0.1, 0.15) is 17.5 Å². The van der Waals surface area contributed by atoms with Gasteiger partial charge in [-0.1, -0.05) is 65.8 Å². The van der Waals surface area contributed by atoms with E-state index >= 15 is 0 Å². The minimum Gasteiger partial charge on any atom is -0.479 e. The zero-order valence-corrected chi connectivity index (χ0v) is 17.4. The van der Waals surface area contributed by atoms with Gasteiger partial charge in [-0.3, -0.25) is 0 Å². The number of hydrogen-bond acceptors (Lipinski definition) is 6. The van der Waals surface area contributed by atoms with Crippen molar-refractivity contribution < 1.29 is 28.8 Å². The second-order valence-corrected chi connectivity index (χ2v) is 7.97. The van der Waals surface area contributed by atoms with Crippen LogP contribution >= 0.6 is 0 Å². The molecule has 2 heterocycles. The summed E-state index contributed by atoms with van der Waals surface area (Å²) in [6, 6.07) is 19.1. The molecule has 168 valence electrons. The predicted molar refractivity (Wildman–Crippen MR) is 114 cm³/mol. The minimum atomic E-state index is -1.21. The van der Waals surface area contributed by atoms with Crippen molar-refractivity contribution in [1.29, 1.82) is 0 Å². The molecule has 0 aromatic heterocycles. The van der Waals surface area contributed by atoms with Crippen molar-refractivity contribution in [2.24, 2.45) is 5.11 Å². The quantitative estimate of drug-likeness (QED) is 0.362. The lowest BCUT2D eigenvalue weighted by molar-refractivity contribution is -0.160. The third-order valence-electron chi connectivity index (χ3n) is 5.76. The number of rotatable bonds is 9. The first-order chi connectivity index (χ1) is 15.6. The molecule has 0 saturated carbocycles. The number of ether oxygens (including phenoxy) is 4. The second kappa shape index (κ2) is 10.1. The molecule has 4 rings (SSSR count). The van der Waals surface area contributed by atoms with Crippen molar-refractivity contribution in [3.05, 3.63) is 82.2 Å². The fourth-order valence-corrected chi connectivity index (χ4v) is 4.27. The maximum absolute atomic E-state index is 12.1. The van der Waals surface area contributed by atoms with E-state index in [1.54, 1.807) is 0 Å². The Morgan fingerprint density at radius 1 is 1.09 bits per heavy atom. The summed E-state index contributed by atoms with van der Waals surface area (Å²) < 4.78 is 24.2. The number of azide groups is 1. The summed E-state index contributed by atoms with van der Waals surface area (Å²) in [6.45, 7) is 0.769. The van der Waals surface area contributed by atoms with E-state index < -0.39 is 29.9 Å². The molecule has 0 bridgehead atoms. The van der Waals surface area contributed by atoms with Crippen LogP contribution in [-0.2, 0) is 37.0 Å². The van der Waals surface area contributed by atoms with E-state index in [0.29, 0.717) is 6.42 Å². The Hall–Kier alpha value is -2.94. The molecule has 2 aliphatic rings. The van der Waals surface area contributed by atoms with E-state index in [1.807, 2.05) is 60.7 Å². The van der Waals surface area contributed by atoms with Crippen LogP contribution < -0.4 is 0 Å². The highest BCUT2D eigenvalue weighted by Crippen LogP contribution is 2.43. The summed E-state index contributed by atoms with van der Waals surface area (Å²) in [6.07, 6.45) is -2.75. The maximum atomic E-state index is 12.1. The van der Waals surface area contributed by atoms with Crippen molar-refractivity contribution in [3.8, 4) is 0 Å². The summed E-state index contributed by atoms with van der Waals surface area (Å²) in [5.41, 5.74) is 9.50. The van der Waals surface area contributed by atoms with E-state index in [0.717, 1.165) is 11.1 Å². The van der Waals surface area contributed by atoms with Crippen molar-refractivity contribution in [2.75, 3.05) is 13.2 Å². The van der Waals surface area contributed by atoms with Crippen molar-refractivity contribution in [3.63, 3.8) is 0 Å². The van der Waals surface area contributed by atoms with Gasteiger partial charge in [0.05, 0.1) is 32.5 Å². The molecule has 2 aliphatic heterocycles. The second-order valence-electron chi connectivity index (χ2n) is 7.97. The molecule has 0 unspecified atom stereocenters. The molecular formula is C23H25N3O6. The first-order valence-electron chi connectivity index (χ1n) is 10.5. The zero-order valence-electron chi connectivity index (χ0n) is 17.4. The smallest absolute Gasteiger partial charge is 0.335 e. The average Bonchev–Trinajstić information content (AvgIpc) is 3.37. The van der Waals surface area contributed by atoms with Gasteiger partial charge in [-0.25, -0.2) is 4.79 Å². The van der Waals surface area contributed by atoms with Gasteiger partial charge in [0.2, 0.25) is 0 Å². The Morgan fingerprint density at radius 2 is 1.72 bits per heavy atom. The molecule has 5 atom stereocenters. The Kier molecular flexibility index (Phi) is 7.04. The standard InChI is InChI=1S/C23H25N3O6/c24-26-25-12-18-11-23(15-31-18)21(30-14-17-9-5-2-6-10-17)19(20(32-23)22(27)28)29-13-16-7-3-1-4-8-16/h1-10,18-21H,11-15H2,(H,27,28)/t18-,19-,20+,21+,23+/m1/s1. The molecule has 0 aliphatic carbocycles. The first-order valence-corrected chi connectivity index (χ1v) is 10.5. The van der Waals surface area contributed by atoms with Gasteiger partial charge in [0.25, 0.3) is 0 Å². The molecule has 9 nitrogen and oxygen atoms in total. The fourth-order valence-electron chi connectivity index (χ4n) is 4.27. The van der Waals surface area contributed by atoms with Crippen LogP contribution in [0, 0.1) is 0 Å². The Bertz CT molecular complexity index is 953. The number of nitrogens with zero attached hydrogens (tertiary/aromatic N) is 3. The number of aliphatic carboxylic acids is 1. The third-order valence-corrected chi connectivity index (χ3v) is 5.76. The van der Waals surface area contributed by atoms with E-state index in [-0.39, 0.29) is 32.5 Å². The maximum Gasteiger partial charge on any atom is 0.335 e. The number of carboxylic acids is 1. The van der Waals surface area contributed by atoms with Crippen molar-refractivity contribution in [2.45, 2.75) is 49.7 Å². The number of hydrogen-bond donors (Lipinski definition) is 1. The van der Waals surface area contributed by atoms with Crippen molar-refractivity contribution in [1.82, 2.24) is 0 Å². The highest BCUT2D eigenvalue weighted by Gasteiger charge is 2.62. The van der Waals surface area contributed by atoms with Gasteiger partial charge in [-0.15, -0.1) is 0 Å². The van der Waals surface area contributed by atoms with Crippen molar-refractivity contribution >= 4 is 5.97 Å². The summed E-state index contributed by atoms with van der Waals surface area (Å²) in [5.74, 6) is -1.12. The SMILES string of the molecule is [N-]=[N+]=NC[C@H]1C[C@@]2(CO1)O[C@H](C(=O)O)[C@@H](OCc1ccccc1)[C@@H]2OCc1ccccc1. The molecule has 2 aromatic carbocycles. The highest BCUT2D eigenvalue weighted by atomic mass is 16.6. The van der Waals surface area contributed by atoms with Gasteiger partial charge in [-0.05, 0) is 16.7 Å². The van der Waals surface area contributed by atoms with Gasteiger partial charge in [0, 0.05) is 11.3 Å². The third kappa shape index (κ3) is 4.93. The van der Waals surface area contributed by atoms with Gasteiger partial charge in [0.1, 0.15) is 17.8 Å². The molecule has 2 aromatic rings. The van der Waals surface area contributed by atoms with Gasteiger partial charge in [0.15, 0.2) is 6.10 Å². The van der Waals surface area contributed by atoms with Gasteiger partial charge in [-0.2, -0.15) is 0 Å². The van der Waals surface area contributed by atoms with E-state index in [2.05, 4.69) is 10.0 Å².